The summed E-state index contributed by atoms with van der Waals surface area (Å²) in [7, 11) is 0. The van der Waals surface area contributed by atoms with Gasteiger partial charge in [-0.05, 0) is 17.7 Å². The van der Waals surface area contributed by atoms with Crippen LogP contribution >= 0.6 is 0 Å². The molecule has 0 saturated carbocycles. The molecule has 0 unspecified atom stereocenters. The average molecular weight is 245 g/mol. The van der Waals surface area contributed by atoms with Crippen LogP contribution in [0.1, 0.15) is 19.4 Å². The Labute approximate surface area is 107 Å². The van der Waals surface area contributed by atoms with Gasteiger partial charge in [0.25, 0.3) is 0 Å². The van der Waals surface area contributed by atoms with Crippen molar-refractivity contribution in [2.45, 2.75) is 25.3 Å². The van der Waals surface area contributed by atoms with Gasteiger partial charge in [0.15, 0.2) is 0 Å². The van der Waals surface area contributed by atoms with Crippen LogP contribution in [-0.2, 0) is 10.2 Å². The smallest absolute Gasteiger partial charge is 0.0931 e. The minimum atomic E-state index is 0.129. The van der Waals surface area contributed by atoms with Crippen molar-refractivity contribution in [1.82, 2.24) is 15.3 Å². The highest BCUT2D eigenvalue weighted by Gasteiger charge is 2.40. The number of aromatic amines is 1. The van der Waals surface area contributed by atoms with Crippen molar-refractivity contribution in [3.8, 4) is 0 Å². The Kier molecular flexibility index (Phi) is 2.84. The molecule has 1 aliphatic rings. The molecule has 0 amide bonds. The monoisotopic (exact) mass is 245 g/mol. The molecule has 0 aliphatic carbocycles. The van der Waals surface area contributed by atoms with E-state index in [1.54, 1.807) is 6.33 Å². The van der Waals surface area contributed by atoms with E-state index in [0.717, 1.165) is 30.8 Å². The van der Waals surface area contributed by atoms with Crippen LogP contribution in [0.25, 0.3) is 11.0 Å². The summed E-state index contributed by atoms with van der Waals surface area (Å²) >= 11 is 0. The molecule has 1 fully saturated rings. The van der Waals surface area contributed by atoms with Gasteiger partial charge in [-0.25, -0.2) is 4.98 Å². The Morgan fingerprint density at radius 1 is 1.44 bits per heavy atom. The molecule has 2 aromatic rings. The molecule has 1 aliphatic heterocycles. The van der Waals surface area contributed by atoms with Crippen LogP contribution in [-0.4, -0.2) is 35.8 Å². The molecular weight excluding hydrogens is 226 g/mol. The summed E-state index contributed by atoms with van der Waals surface area (Å²) in [5, 5.41) is 3.52. The van der Waals surface area contributed by atoms with Crippen LogP contribution in [0, 0.1) is 0 Å². The lowest BCUT2D eigenvalue weighted by Crippen LogP contribution is -2.54. The number of fused-ring (bicyclic) bond motifs is 1. The second-order valence-electron chi connectivity index (χ2n) is 5.44. The summed E-state index contributed by atoms with van der Waals surface area (Å²) in [6.45, 7) is 6.90. The van der Waals surface area contributed by atoms with Crippen LogP contribution in [0.4, 0.5) is 0 Å². The topological polar surface area (TPSA) is 49.9 Å². The van der Waals surface area contributed by atoms with E-state index in [4.69, 9.17) is 4.74 Å². The fourth-order valence-corrected chi connectivity index (χ4v) is 2.38. The maximum Gasteiger partial charge on any atom is 0.0931 e. The third kappa shape index (κ3) is 1.91. The minimum absolute atomic E-state index is 0.129. The van der Waals surface area contributed by atoms with Crippen molar-refractivity contribution in [3.05, 3.63) is 30.1 Å². The van der Waals surface area contributed by atoms with Crippen molar-refractivity contribution in [3.63, 3.8) is 0 Å². The van der Waals surface area contributed by atoms with Gasteiger partial charge < -0.3 is 15.0 Å². The predicted molar refractivity (Wildman–Crippen MR) is 71.7 cm³/mol. The maximum atomic E-state index is 5.45. The molecule has 1 aromatic carbocycles. The van der Waals surface area contributed by atoms with E-state index in [1.165, 1.54) is 5.56 Å². The zero-order valence-corrected chi connectivity index (χ0v) is 10.9. The Bertz CT molecular complexity index is 543. The number of hydrogen-bond acceptors (Lipinski definition) is 3. The molecule has 2 N–H and O–H groups in total. The van der Waals surface area contributed by atoms with Crippen molar-refractivity contribution >= 4 is 11.0 Å². The van der Waals surface area contributed by atoms with Gasteiger partial charge in [0.1, 0.15) is 0 Å². The SMILES string of the molecule is CC(C)NCC1(c2ccc3nc[nH]c3c2)COC1. The number of nitrogens with zero attached hydrogens (tertiary/aromatic N) is 1. The van der Waals surface area contributed by atoms with Crippen LogP contribution in [0.5, 0.6) is 0 Å². The lowest BCUT2D eigenvalue weighted by molar-refractivity contribution is -0.0596. The third-order valence-electron chi connectivity index (χ3n) is 3.64. The first kappa shape index (κ1) is 11.7. The van der Waals surface area contributed by atoms with Gasteiger partial charge in [-0.1, -0.05) is 19.9 Å². The molecule has 1 saturated heterocycles. The van der Waals surface area contributed by atoms with E-state index >= 15 is 0 Å². The van der Waals surface area contributed by atoms with E-state index < -0.39 is 0 Å². The number of imidazole rings is 1. The second-order valence-corrected chi connectivity index (χ2v) is 5.44. The number of benzene rings is 1. The summed E-state index contributed by atoms with van der Waals surface area (Å²) < 4.78 is 5.45. The molecule has 3 rings (SSSR count). The zero-order chi connectivity index (χ0) is 12.6. The van der Waals surface area contributed by atoms with Crippen molar-refractivity contribution in [2.24, 2.45) is 0 Å². The van der Waals surface area contributed by atoms with Crippen molar-refractivity contribution < 1.29 is 4.74 Å². The van der Waals surface area contributed by atoms with E-state index in [9.17, 15) is 0 Å². The summed E-state index contributed by atoms with van der Waals surface area (Å²) in [5.74, 6) is 0. The first-order valence-corrected chi connectivity index (χ1v) is 6.44. The Morgan fingerprint density at radius 3 is 2.94 bits per heavy atom. The van der Waals surface area contributed by atoms with Gasteiger partial charge in [0, 0.05) is 12.6 Å². The number of nitrogens with one attached hydrogen (secondary N) is 2. The molecule has 0 radical (unpaired) electrons. The molecule has 1 aromatic heterocycles. The molecule has 0 bridgehead atoms. The third-order valence-corrected chi connectivity index (χ3v) is 3.64. The fourth-order valence-electron chi connectivity index (χ4n) is 2.38. The molecule has 18 heavy (non-hydrogen) atoms. The van der Waals surface area contributed by atoms with Crippen molar-refractivity contribution in [1.29, 1.82) is 0 Å². The lowest BCUT2D eigenvalue weighted by Gasteiger charge is -2.42. The van der Waals surface area contributed by atoms with E-state index in [1.807, 2.05) is 0 Å². The molecule has 2 heterocycles. The summed E-state index contributed by atoms with van der Waals surface area (Å²) in [4.78, 5) is 7.43. The number of H-pyrrole nitrogens is 1. The van der Waals surface area contributed by atoms with Crippen LogP contribution in [0.2, 0.25) is 0 Å². The first-order chi connectivity index (χ1) is 8.70. The van der Waals surface area contributed by atoms with Gasteiger partial charge in [-0.3, -0.25) is 0 Å². The molecule has 0 spiro atoms. The summed E-state index contributed by atoms with van der Waals surface area (Å²) in [6.07, 6.45) is 1.74. The second kappa shape index (κ2) is 4.37. The molecular formula is C14H19N3O. The average Bonchev–Trinajstić information content (AvgIpc) is 2.74. The van der Waals surface area contributed by atoms with Crippen molar-refractivity contribution in [2.75, 3.05) is 19.8 Å². The summed E-state index contributed by atoms with van der Waals surface area (Å²) in [6, 6.07) is 6.95. The number of rotatable bonds is 4. The number of aromatic nitrogens is 2. The van der Waals surface area contributed by atoms with E-state index in [0.29, 0.717) is 6.04 Å². The van der Waals surface area contributed by atoms with Crippen LogP contribution in [0.3, 0.4) is 0 Å². The molecule has 0 atom stereocenters. The normalized spacial score (nSPS) is 18.2. The van der Waals surface area contributed by atoms with Gasteiger partial charge in [-0.2, -0.15) is 0 Å². The highest BCUT2D eigenvalue weighted by molar-refractivity contribution is 5.75. The number of ether oxygens (including phenoxy) is 1. The first-order valence-electron chi connectivity index (χ1n) is 6.44. The minimum Gasteiger partial charge on any atom is -0.379 e. The number of hydrogen-bond donors (Lipinski definition) is 2. The Hall–Kier alpha value is -1.39. The highest BCUT2D eigenvalue weighted by Crippen LogP contribution is 2.33. The molecule has 4 heteroatoms. The standard InChI is InChI=1S/C14H19N3O/c1-10(2)15-6-14(7-18-8-14)11-3-4-12-13(5-11)17-9-16-12/h3-5,9-10,15H,6-8H2,1-2H3,(H,16,17). The van der Waals surface area contributed by atoms with Gasteiger partial charge in [0.05, 0.1) is 36.0 Å². The highest BCUT2D eigenvalue weighted by atomic mass is 16.5. The summed E-state index contributed by atoms with van der Waals surface area (Å²) in [5.41, 5.74) is 3.58. The predicted octanol–water partition coefficient (Wildman–Crippen LogP) is 1.83. The quantitative estimate of drug-likeness (QED) is 0.864. The van der Waals surface area contributed by atoms with Gasteiger partial charge in [-0.15, -0.1) is 0 Å². The van der Waals surface area contributed by atoms with Crippen LogP contribution < -0.4 is 5.32 Å². The Balaban J connectivity index is 1.90. The molecule has 4 nitrogen and oxygen atoms in total. The largest absolute Gasteiger partial charge is 0.379 e. The maximum absolute atomic E-state index is 5.45. The fraction of sp³-hybridized carbons (Fsp3) is 0.500. The molecule has 96 valence electrons. The Morgan fingerprint density at radius 2 is 2.28 bits per heavy atom. The van der Waals surface area contributed by atoms with E-state index in [2.05, 4.69) is 47.3 Å². The van der Waals surface area contributed by atoms with Crippen LogP contribution in [0.15, 0.2) is 24.5 Å². The van der Waals surface area contributed by atoms with E-state index in [-0.39, 0.29) is 5.41 Å². The van der Waals surface area contributed by atoms with Gasteiger partial charge >= 0.3 is 0 Å². The van der Waals surface area contributed by atoms with Gasteiger partial charge in [0.2, 0.25) is 0 Å². The lowest BCUT2D eigenvalue weighted by atomic mass is 9.78. The zero-order valence-electron chi connectivity index (χ0n) is 10.9.